The number of hydrogen-bond acceptors (Lipinski definition) is 1. The summed E-state index contributed by atoms with van der Waals surface area (Å²) in [7, 11) is 0. The third-order valence-electron chi connectivity index (χ3n) is 2.89. The van der Waals surface area contributed by atoms with Crippen molar-refractivity contribution in [1.29, 1.82) is 0 Å². The van der Waals surface area contributed by atoms with Crippen LogP contribution in [0.25, 0.3) is 16.5 Å². The van der Waals surface area contributed by atoms with E-state index in [-0.39, 0.29) is 0 Å². The summed E-state index contributed by atoms with van der Waals surface area (Å²) in [5.41, 5.74) is 4.13. The lowest BCUT2D eigenvalue weighted by Gasteiger charge is -2.12. The average molecular weight is 215 g/mol. The van der Waals surface area contributed by atoms with Gasteiger partial charge < -0.3 is 4.98 Å². The molecule has 0 saturated carbocycles. The number of fused-ring (bicyclic) bond motifs is 1. The topological polar surface area (TPSA) is 15.8 Å². The molecule has 76 valence electrons. The zero-order chi connectivity index (χ0) is 10.1. The number of nitrogens with one attached hydrogen (secondary N) is 1. The Morgan fingerprint density at radius 3 is 3.07 bits per heavy atom. The summed E-state index contributed by atoms with van der Waals surface area (Å²) in [6, 6.07) is 8.82. The van der Waals surface area contributed by atoms with Gasteiger partial charge in [-0.15, -0.1) is 0 Å². The van der Waals surface area contributed by atoms with Crippen LogP contribution in [-0.4, -0.2) is 16.5 Å². The lowest BCUT2D eigenvalue weighted by molar-refractivity contribution is 1.24. The van der Waals surface area contributed by atoms with Crippen molar-refractivity contribution in [1.82, 2.24) is 4.98 Å². The molecule has 0 aliphatic carbocycles. The molecule has 0 saturated heterocycles. The van der Waals surface area contributed by atoms with Gasteiger partial charge in [0.2, 0.25) is 0 Å². The number of aromatic amines is 1. The maximum absolute atomic E-state index is 3.23. The lowest BCUT2D eigenvalue weighted by atomic mass is 10.0. The molecule has 0 amide bonds. The van der Waals surface area contributed by atoms with Gasteiger partial charge in [-0.3, -0.25) is 0 Å². The van der Waals surface area contributed by atoms with Gasteiger partial charge in [0.15, 0.2) is 0 Å². The van der Waals surface area contributed by atoms with E-state index in [1.54, 1.807) is 0 Å². The van der Waals surface area contributed by atoms with Crippen molar-refractivity contribution in [2.24, 2.45) is 0 Å². The van der Waals surface area contributed by atoms with Crippen molar-refractivity contribution in [2.75, 3.05) is 11.5 Å². The SMILES string of the molecule is C1=C(c2ccc3[nH]ccc3c2)CCSC1. The third-order valence-corrected chi connectivity index (χ3v) is 3.78. The van der Waals surface area contributed by atoms with Gasteiger partial charge in [-0.2, -0.15) is 11.8 Å². The molecule has 3 rings (SSSR count). The Kier molecular flexibility index (Phi) is 2.29. The highest BCUT2D eigenvalue weighted by atomic mass is 32.2. The van der Waals surface area contributed by atoms with Crippen LogP contribution in [-0.2, 0) is 0 Å². The maximum atomic E-state index is 3.23. The molecule has 1 aliphatic heterocycles. The van der Waals surface area contributed by atoms with E-state index in [2.05, 4.69) is 35.3 Å². The summed E-state index contributed by atoms with van der Waals surface area (Å²) in [4.78, 5) is 3.23. The molecule has 1 aromatic carbocycles. The molecule has 0 radical (unpaired) electrons. The van der Waals surface area contributed by atoms with Crippen molar-refractivity contribution in [2.45, 2.75) is 6.42 Å². The minimum Gasteiger partial charge on any atom is -0.361 e. The molecule has 0 unspecified atom stereocenters. The third kappa shape index (κ3) is 1.70. The first kappa shape index (κ1) is 9.10. The molecule has 15 heavy (non-hydrogen) atoms. The second-order valence-electron chi connectivity index (χ2n) is 3.83. The molecule has 2 aromatic rings. The van der Waals surface area contributed by atoms with Crippen molar-refractivity contribution in [3.8, 4) is 0 Å². The van der Waals surface area contributed by atoms with E-state index in [1.807, 2.05) is 18.0 Å². The Balaban J connectivity index is 2.06. The predicted octanol–water partition coefficient (Wildman–Crippen LogP) is 3.69. The smallest absolute Gasteiger partial charge is 0.0454 e. The summed E-state index contributed by atoms with van der Waals surface area (Å²) in [6.07, 6.45) is 5.57. The van der Waals surface area contributed by atoms with E-state index in [4.69, 9.17) is 0 Å². The Morgan fingerprint density at radius 1 is 1.20 bits per heavy atom. The van der Waals surface area contributed by atoms with Crippen LogP contribution >= 0.6 is 11.8 Å². The van der Waals surface area contributed by atoms with E-state index in [0.717, 1.165) is 0 Å². The van der Waals surface area contributed by atoms with E-state index < -0.39 is 0 Å². The fourth-order valence-electron chi connectivity index (χ4n) is 2.04. The number of thioether (sulfide) groups is 1. The highest BCUT2D eigenvalue weighted by Crippen LogP contribution is 2.27. The van der Waals surface area contributed by atoms with Gasteiger partial charge in [0.1, 0.15) is 0 Å². The second kappa shape index (κ2) is 3.78. The molecule has 0 bridgehead atoms. The van der Waals surface area contributed by atoms with Crippen LogP contribution in [0.5, 0.6) is 0 Å². The molecule has 2 heterocycles. The summed E-state index contributed by atoms with van der Waals surface area (Å²) >= 11 is 2.02. The molecular formula is C13H13NS. The fraction of sp³-hybridized carbons (Fsp3) is 0.231. The minimum absolute atomic E-state index is 1.17. The van der Waals surface area contributed by atoms with Crippen LogP contribution in [0.2, 0.25) is 0 Å². The van der Waals surface area contributed by atoms with Crippen molar-refractivity contribution in [3.05, 3.63) is 42.1 Å². The zero-order valence-corrected chi connectivity index (χ0v) is 9.31. The Morgan fingerprint density at radius 2 is 2.20 bits per heavy atom. The monoisotopic (exact) mass is 215 g/mol. The number of benzene rings is 1. The van der Waals surface area contributed by atoms with Crippen LogP contribution in [0.15, 0.2) is 36.5 Å². The molecule has 0 fully saturated rings. The molecule has 0 atom stereocenters. The van der Waals surface area contributed by atoms with Gasteiger partial charge in [0, 0.05) is 17.5 Å². The van der Waals surface area contributed by atoms with Crippen LogP contribution in [0, 0.1) is 0 Å². The van der Waals surface area contributed by atoms with Gasteiger partial charge in [0.05, 0.1) is 0 Å². The van der Waals surface area contributed by atoms with Crippen molar-refractivity contribution < 1.29 is 0 Å². The standard InChI is InChI=1S/C13H13NS/c1-2-13-12(3-6-14-13)9-11(1)10-4-7-15-8-5-10/h1-4,6,9,14H,5,7-8H2. The minimum atomic E-state index is 1.17. The second-order valence-corrected chi connectivity index (χ2v) is 4.98. The number of aromatic nitrogens is 1. The zero-order valence-electron chi connectivity index (χ0n) is 8.49. The molecule has 1 aliphatic rings. The quantitative estimate of drug-likeness (QED) is 0.767. The van der Waals surface area contributed by atoms with E-state index in [9.17, 15) is 0 Å². The van der Waals surface area contributed by atoms with Crippen LogP contribution in [0.4, 0.5) is 0 Å². The number of rotatable bonds is 1. The first-order valence-electron chi connectivity index (χ1n) is 5.28. The molecule has 2 heteroatoms. The summed E-state index contributed by atoms with van der Waals surface area (Å²) in [6.45, 7) is 0. The number of hydrogen-bond donors (Lipinski definition) is 1. The van der Waals surface area contributed by atoms with E-state index in [0.29, 0.717) is 0 Å². The van der Waals surface area contributed by atoms with Crippen LogP contribution < -0.4 is 0 Å². The molecule has 1 N–H and O–H groups in total. The highest BCUT2D eigenvalue weighted by molar-refractivity contribution is 7.99. The summed E-state index contributed by atoms with van der Waals surface area (Å²) in [5.74, 6) is 2.43. The summed E-state index contributed by atoms with van der Waals surface area (Å²) in [5, 5.41) is 1.31. The highest BCUT2D eigenvalue weighted by Gasteiger charge is 2.06. The Labute approximate surface area is 93.6 Å². The number of allylic oxidation sites excluding steroid dienone is 1. The Bertz CT molecular complexity index is 510. The molecule has 0 spiro atoms. The van der Waals surface area contributed by atoms with Crippen LogP contribution in [0.1, 0.15) is 12.0 Å². The average Bonchev–Trinajstić information content (AvgIpc) is 2.77. The lowest BCUT2D eigenvalue weighted by Crippen LogP contribution is -1.94. The van der Waals surface area contributed by atoms with Gasteiger partial charge >= 0.3 is 0 Å². The predicted molar refractivity (Wildman–Crippen MR) is 68.2 cm³/mol. The van der Waals surface area contributed by atoms with Gasteiger partial charge in [0.25, 0.3) is 0 Å². The van der Waals surface area contributed by atoms with Gasteiger partial charge in [-0.05, 0) is 46.9 Å². The first-order valence-corrected chi connectivity index (χ1v) is 6.43. The summed E-state index contributed by atoms with van der Waals surface area (Å²) < 4.78 is 0. The van der Waals surface area contributed by atoms with Crippen molar-refractivity contribution >= 4 is 28.2 Å². The largest absolute Gasteiger partial charge is 0.361 e. The Hall–Kier alpha value is -1.15. The normalized spacial score (nSPS) is 16.7. The maximum Gasteiger partial charge on any atom is 0.0454 e. The van der Waals surface area contributed by atoms with E-state index >= 15 is 0 Å². The van der Waals surface area contributed by atoms with Crippen LogP contribution in [0.3, 0.4) is 0 Å². The number of H-pyrrole nitrogens is 1. The first-order chi connectivity index (χ1) is 7.43. The molecule has 1 nitrogen and oxygen atoms in total. The van der Waals surface area contributed by atoms with E-state index in [1.165, 1.54) is 40.0 Å². The molecular weight excluding hydrogens is 202 g/mol. The fourth-order valence-corrected chi connectivity index (χ4v) is 2.89. The van der Waals surface area contributed by atoms with Gasteiger partial charge in [-0.25, -0.2) is 0 Å². The van der Waals surface area contributed by atoms with Gasteiger partial charge in [-0.1, -0.05) is 12.1 Å². The molecule has 1 aromatic heterocycles. The van der Waals surface area contributed by atoms with Crippen molar-refractivity contribution in [3.63, 3.8) is 0 Å².